The van der Waals surface area contributed by atoms with E-state index >= 15 is 0 Å². The number of hydrogen-bond acceptors (Lipinski definition) is 5. The minimum absolute atomic E-state index is 0.180. The van der Waals surface area contributed by atoms with E-state index in [1.54, 1.807) is 12.1 Å². The van der Waals surface area contributed by atoms with Crippen molar-refractivity contribution in [3.05, 3.63) is 69.3 Å². The van der Waals surface area contributed by atoms with Crippen LogP contribution in [0.4, 0.5) is 11.4 Å². The summed E-state index contributed by atoms with van der Waals surface area (Å²) in [6.07, 6.45) is 0.550. The van der Waals surface area contributed by atoms with Gasteiger partial charge in [-0.1, -0.05) is 48.3 Å². The van der Waals surface area contributed by atoms with Crippen LogP contribution in [0.1, 0.15) is 24.9 Å². The minimum atomic E-state index is -0.839. The summed E-state index contributed by atoms with van der Waals surface area (Å²) >= 11 is 12.4. The fourth-order valence-electron chi connectivity index (χ4n) is 4.08. The summed E-state index contributed by atoms with van der Waals surface area (Å²) in [4.78, 5) is 25.9. The van der Waals surface area contributed by atoms with E-state index in [1.807, 2.05) is 37.3 Å². The van der Waals surface area contributed by atoms with E-state index in [2.05, 4.69) is 10.6 Å². The maximum absolute atomic E-state index is 13.5. The van der Waals surface area contributed by atoms with Crippen LogP contribution >= 0.6 is 23.2 Å². The number of Topliss-reactive ketones (excluding diaryl/α,β-unsaturated/α-hetero) is 1. The first-order chi connectivity index (χ1) is 13.9. The summed E-state index contributed by atoms with van der Waals surface area (Å²) in [5.74, 6) is -1.77. The molecule has 150 valence electrons. The van der Waals surface area contributed by atoms with Gasteiger partial charge in [-0.25, -0.2) is 0 Å². The molecule has 0 unspecified atom stereocenters. The van der Waals surface area contributed by atoms with Gasteiger partial charge in [-0.2, -0.15) is 0 Å². The van der Waals surface area contributed by atoms with Gasteiger partial charge in [0, 0.05) is 11.3 Å². The average molecular weight is 431 g/mol. The lowest BCUT2D eigenvalue weighted by Crippen LogP contribution is -2.39. The quantitative estimate of drug-likeness (QED) is 0.504. The third-order valence-corrected chi connectivity index (χ3v) is 6.24. The number of methoxy groups -OCH3 is 1. The van der Waals surface area contributed by atoms with Crippen molar-refractivity contribution in [2.75, 3.05) is 17.7 Å². The second-order valence-corrected chi connectivity index (χ2v) is 8.17. The van der Waals surface area contributed by atoms with Crippen molar-refractivity contribution < 1.29 is 14.3 Å². The van der Waals surface area contributed by atoms with E-state index in [1.165, 1.54) is 7.11 Å². The van der Waals surface area contributed by atoms with Gasteiger partial charge in [0.05, 0.1) is 34.6 Å². The van der Waals surface area contributed by atoms with Crippen molar-refractivity contribution in [1.82, 2.24) is 0 Å². The Morgan fingerprint density at radius 3 is 2.52 bits per heavy atom. The Kier molecular flexibility index (Phi) is 5.28. The van der Waals surface area contributed by atoms with Crippen LogP contribution in [0.25, 0.3) is 0 Å². The van der Waals surface area contributed by atoms with Crippen molar-refractivity contribution in [2.24, 2.45) is 11.8 Å². The van der Waals surface area contributed by atoms with Crippen molar-refractivity contribution in [3.63, 3.8) is 0 Å². The lowest BCUT2D eigenvalue weighted by molar-refractivity contribution is -0.151. The summed E-state index contributed by atoms with van der Waals surface area (Å²) in [7, 11) is 1.31. The Morgan fingerprint density at radius 2 is 1.83 bits per heavy atom. The molecule has 1 heterocycles. The van der Waals surface area contributed by atoms with Gasteiger partial charge in [0.25, 0.3) is 0 Å². The smallest absolute Gasteiger partial charge is 0.316 e. The molecule has 0 bridgehead atoms. The molecule has 0 fully saturated rings. The Hall–Kier alpha value is -2.50. The molecule has 29 heavy (non-hydrogen) atoms. The fourth-order valence-corrected chi connectivity index (χ4v) is 4.38. The number of anilines is 2. The minimum Gasteiger partial charge on any atom is -0.468 e. The number of ketones is 1. The topological polar surface area (TPSA) is 67.4 Å². The number of ether oxygens (including phenoxy) is 1. The molecule has 4 rings (SSSR count). The molecule has 2 aliphatic rings. The Morgan fingerprint density at radius 1 is 1.10 bits per heavy atom. The van der Waals surface area contributed by atoms with Crippen LogP contribution in [-0.4, -0.2) is 18.9 Å². The van der Waals surface area contributed by atoms with Crippen LogP contribution < -0.4 is 10.6 Å². The molecule has 0 spiro atoms. The second-order valence-electron chi connectivity index (χ2n) is 7.36. The molecule has 0 saturated carbocycles. The lowest BCUT2D eigenvalue weighted by atomic mass is 9.75. The van der Waals surface area contributed by atoms with E-state index in [-0.39, 0.29) is 11.7 Å². The standard InChI is InChI=1S/C22H20Cl2N2O3/c1-11-9-17-19(21(27)18(11)22(28)29-2)20(12-7-8-13(23)14(24)10-12)26-16-6-4-3-5-15(16)25-17/h3-8,10-11,18,20,25-26H,9H2,1-2H3/t11-,18+,20-/m1/s1. The van der Waals surface area contributed by atoms with Gasteiger partial charge >= 0.3 is 5.97 Å². The Balaban J connectivity index is 1.89. The molecule has 0 amide bonds. The van der Waals surface area contributed by atoms with E-state index in [4.69, 9.17) is 27.9 Å². The molecule has 2 aromatic carbocycles. The number of benzene rings is 2. The van der Waals surface area contributed by atoms with E-state index in [0.717, 1.165) is 22.6 Å². The molecular weight excluding hydrogens is 411 g/mol. The fraction of sp³-hybridized carbons (Fsp3) is 0.273. The summed E-state index contributed by atoms with van der Waals surface area (Å²) in [6.45, 7) is 1.89. The highest BCUT2D eigenvalue weighted by Crippen LogP contribution is 2.44. The lowest BCUT2D eigenvalue weighted by Gasteiger charge is -2.32. The number of carbonyl (C=O) groups is 2. The van der Waals surface area contributed by atoms with Crippen LogP contribution in [0.15, 0.2) is 53.7 Å². The highest BCUT2D eigenvalue weighted by molar-refractivity contribution is 6.42. The first-order valence-corrected chi connectivity index (χ1v) is 10.1. The predicted molar refractivity (Wildman–Crippen MR) is 114 cm³/mol. The first kappa shape index (κ1) is 19.8. The summed E-state index contributed by atoms with van der Waals surface area (Å²) < 4.78 is 4.92. The van der Waals surface area contributed by atoms with Gasteiger partial charge in [-0.05, 0) is 42.2 Å². The number of rotatable bonds is 2. The van der Waals surface area contributed by atoms with Gasteiger partial charge in [-0.15, -0.1) is 0 Å². The zero-order valence-electron chi connectivity index (χ0n) is 16.0. The molecule has 5 nitrogen and oxygen atoms in total. The molecule has 1 aliphatic heterocycles. The van der Waals surface area contributed by atoms with E-state index in [9.17, 15) is 9.59 Å². The van der Waals surface area contributed by atoms with Crippen molar-refractivity contribution in [2.45, 2.75) is 19.4 Å². The van der Waals surface area contributed by atoms with Gasteiger partial charge in [-0.3, -0.25) is 9.59 Å². The number of halogens is 2. The predicted octanol–water partition coefficient (Wildman–Crippen LogP) is 5.22. The number of nitrogens with one attached hydrogen (secondary N) is 2. The molecule has 0 radical (unpaired) electrons. The first-order valence-electron chi connectivity index (χ1n) is 9.33. The van der Waals surface area contributed by atoms with Crippen LogP contribution in [0.5, 0.6) is 0 Å². The number of carbonyl (C=O) groups excluding carboxylic acids is 2. The molecule has 7 heteroatoms. The molecule has 0 saturated heterocycles. The van der Waals surface area contributed by atoms with Crippen molar-refractivity contribution >= 4 is 46.3 Å². The summed E-state index contributed by atoms with van der Waals surface area (Å²) in [6, 6.07) is 12.6. The third kappa shape index (κ3) is 3.49. The van der Waals surface area contributed by atoms with Crippen LogP contribution in [-0.2, 0) is 14.3 Å². The second kappa shape index (κ2) is 7.73. The van der Waals surface area contributed by atoms with Crippen LogP contribution in [0, 0.1) is 11.8 Å². The van der Waals surface area contributed by atoms with E-state index < -0.39 is 17.9 Å². The largest absolute Gasteiger partial charge is 0.468 e. The Bertz CT molecular complexity index is 1030. The summed E-state index contributed by atoms with van der Waals surface area (Å²) in [5, 5.41) is 7.70. The molecule has 0 aromatic heterocycles. The molecule has 2 aromatic rings. The van der Waals surface area contributed by atoms with Gasteiger partial charge in [0.15, 0.2) is 5.78 Å². The molecule has 2 N–H and O–H groups in total. The normalized spacial score (nSPS) is 23.3. The Labute approximate surface area is 179 Å². The molecule has 3 atom stereocenters. The van der Waals surface area contributed by atoms with Crippen molar-refractivity contribution in [3.8, 4) is 0 Å². The van der Waals surface area contributed by atoms with Crippen molar-refractivity contribution in [1.29, 1.82) is 0 Å². The zero-order chi connectivity index (χ0) is 20.7. The zero-order valence-corrected chi connectivity index (χ0v) is 17.5. The monoisotopic (exact) mass is 430 g/mol. The number of allylic oxidation sites excluding steroid dienone is 1. The number of fused-ring (bicyclic) bond motifs is 1. The van der Waals surface area contributed by atoms with E-state index in [0.29, 0.717) is 22.0 Å². The number of esters is 1. The highest BCUT2D eigenvalue weighted by atomic mass is 35.5. The van der Waals surface area contributed by atoms with Gasteiger partial charge in [0.1, 0.15) is 5.92 Å². The SMILES string of the molecule is COC(=O)[C@@H]1C(=O)C2=C(C[C@H]1C)Nc1ccccc1N[C@@H]2c1ccc(Cl)c(Cl)c1. The highest BCUT2D eigenvalue weighted by Gasteiger charge is 2.44. The van der Waals surface area contributed by atoms with Crippen LogP contribution in [0.3, 0.4) is 0 Å². The third-order valence-electron chi connectivity index (χ3n) is 5.50. The van der Waals surface area contributed by atoms with Gasteiger partial charge in [0.2, 0.25) is 0 Å². The number of hydrogen-bond donors (Lipinski definition) is 2. The van der Waals surface area contributed by atoms with Crippen LogP contribution in [0.2, 0.25) is 10.0 Å². The maximum Gasteiger partial charge on any atom is 0.316 e. The summed E-state index contributed by atoms with van der Waals surface area (Å²) in [5.41, 5.74) is 3.84. The van der Waals surface area contributed by atoms with Gasteiger partial charge < -0.3 is 15.4 Å². The maximum atomic E-state index is 13.5. The molecule has 1 aliphatic carbocycles. The number of para-hydroxylation sites is 2. The molecular formula is C22H20Cl2N2O3. The average Bonchev–Trinajstić information content (AvgIpc) is 2.86.